The minimum atomic E-state index is 0.384. The molecule has 0 saturated heterocycles. The van der Waals surface area contributed by atoms with Gasteiger partial charge in [-0.2, -0.15) is 0 Å². The third-order valence-electron chi connectivity index (χ3n) is 4.35. The van der Waals surface area contributed by atoms with Gasteiger partial charge in [0.05, 0.1) is 7.11 Å². The van der Waals surface area contributed by atoms with E-state index in [2.05, 4.69) is 32.6 Å². The van der Waals surface area contributed by atoms with Gasteiger partial charge in [-0.15, -0.1) is 0 Å². The van der Waals surface area contributed by atoms with Crippen molar-refractivity contribution in [1.82, 2.24) is 0 Å². The lowest BCUT2D eigenvalue weighted by Gasteiger charge is -2.40. The summed E-state index contributed by atoms with van der Waals surface area (Å²) in [6.45, 7) is 9.06. The van der Waals surface area contributed by atoms with E-state index in [4.69, 9.17) is 4.74 Å². The van der Waals surface area contributed by atoms with Gasteiger partial charge in [0.2, 0.25) is 0 Å². The van der Waals surface area contributed by atoms with Crippen molar-refractivity contribution >= 4 is 0 Å². The van der Waals surface area contributed by atoms with Crippen LogP contribution in [0.15, 0.2) is 36.4 Å². The summed E-state index contributed by atoms with van der Waals surface area (Å²) in [7, 11) is 1.71. The van der Waals surface area contributed by atoms with Gasteiger partial charge in [0.1, 0.15) is 5.75 Å². The molecule has 1 aliphatic rings. The van der Waals surface area contributed by atoms with Crippen molar-refractivity contribution in [3.8, 4) is 5.75 Å². The number of rotatable bonds is 3. The molecule has 1 saturated carbocycles. The van der Waals surface area contributed by atoms with Crippen molar-refractivity contribution in [2.45, 2.75) is 39.5 Å². The second kappa shape index (κ2) is 5.17. The maximum Gasteiger partial charge on any atom is 0.118 e. The zero-order valence-electron chi connectivity index (χ0n) is 11.8. The minimum Gasteiger partial charge on any atom is -0.497 e. The Kier molecular flexibility index (Phi) is 3.79. The van der Waals surface area contributed by atoms with Crippen LogP contribution in [-0.2, 0) is 6.42 Å². The number of hydrogen-bond acceptors (Lipinski definition) is 1. The first-order valence-corrected chi connectivity index (χ1v) is 6.83. The van der Waals surface area contributed by atoms with Crippen molar-refractivity contribution < 1.29 is 4.74 Å². The molecule has 0 N–H and O–H groups in total. The molecule has 2 rings (SSSR count). The average molecular weight is 244 g/mol. The summed E-state index contributed by atoms with van der Waals surface area (Å²) in [5.41, 5.74) is 3.20. The molecule has 0 heterocycles. The van der Waals surface area contributed by atoms with Crippen molar-refractivity contribution in [3.05, 3.63) is 42.0 Å². The van der Waals surface area contributed by atoms with Crippen LogP contribution in [0.5, 0.6) is 5.75 Å². The predicted molar refractivity (Wildman–Crippen MR) is 77.0 cm³/mol. The maximum atomic E-state index is 5.20. The van der Waals surface area contributed by atoms with Gasteiger partial charge in [0, 0.05) is 0 Å². The Labute approximate surface area is 111 Å². The van der Waals surface area contributed by atoms with Crippen LogP contribution >= 0.6 is 0 Å². The first kappa shape index (κ1) is 13.2. The van der Waals surface area contributed by atoms with Gasteiger partial charge < -0.3 is 4.74 Å². The molecule has 1 aliphatic carbocycles. The van der Waals surface area contributed by atoms with Crippen LogP contribution in [0.1, 0.15) is 38.7 Å². The molecule has 1 fully saturated rings. The summed E-state index contributed by atoms with van der Waals surface area (Å²) in [6, 6.07) is 8.45. The Morgan fingerprint density at radius 3 is 2.50 bits per heavy atom. The van der Waals surface area contributed by atoms with Gasteiger partial charge in [0.25, 0.3) is 0 Å². The molecule has 1 nitrogen and oxygen atoms in total. The van der Waals surface area contributed by atoms with Crippen molar-refractivity contribution in [3.63, 3.8) is 0 Å². The zero-order valence-corrected chi connectivity index (χ0v) is 11.8. The van der Waals surface area contributed by atoms with E-state index in [9.17, 15) is 0 Å². The average Bonchev–Trinajstić information content (AvgIpc) is 2.34. The summed E-state index contributed by atoms with van der Waals surface area (Å²) in [5, 5.41) is 0. The molecule has 1 aromatic rings. The molecule has 98 valence electrons. The molecule has 1 unspecified atom stereocenters. The monoisotopic (exact) mass is 244 g/mol. The van der Waals surface area contributed by atoms with Crippen LogP contribution in [-0.4, -0.2) is 7.11 Å². The molecule has 0 amide bonds. The Morgan fingerprint density at radius 1 is 1.28 bits per heavy atom. The lowest BCUT2D eigenvalue weighted by atomic mass is 9.65. The first-order valence-electron chi connectivity index (χ1n) is 6.83. The van der Waals surface area contributed by atoms with Crippen molar-refractivity contribution in [1.29, 1.82) is 0 Å². The fraction of sp³-hybridized carbons (Fsp3) is 0.529. The van der Waals surface area contributed by atoms with E-state index in [1.54, 1.807) is 7.11 Å². The third kappa shape index (κ3) is 2.77. The smallest absolute Gasteiger partial charge is 0.118 e. The first-order chi connectivity index (χ1) is 8.53. The Bertz CT molecular complexity index is 414. The normalized spacial score (nSPS) is 22.8. The topological polar surface area (TPSA) is 9.23 Å². The van der Waals surface area contributed by atoms with Gasteiger partial charge in [0.15, 0.2) is 0 Å². The molecule has 18 heavy (non-hydrogen) atoms. The number of ether oxygens (including phenoxy) is 1. The van der Waals surface area contributed by atoms with Crippen LogP contribution < -0.4 is 4.74 Å². The van der Waals surface area contributed by atoms with Gasteiger partial charge in [-0.1, -0.05) is 38.1 Å². The van der Waals surface area contributed by atoms with E-state index in [1.807, 2.05) is 12.1 Å². The van der Waals surface area contributed by atoms with E-state index in [0.29, 0.717) is 11.3 Å². The molecule has 0 aliphatic heterocycles. The van der Waals surface area contributed by atoms with Crippen molar-refractivity contribution in [2.24, 2.45) is 11.3 Å². The summed E-state index contributed by atoms with van der Waals surface area (Å²) in [6.07, 6.45) is 4.91. The molecular weight excluding hydrogens is 220 g/mol. The van der Waals surface area contributed by atoms with Crippen LogP contribution in [0, 0.1) is 11.3 Å². The molecule has 0 spiro atoms. The van der Waals surface area contributed by atoms with Crippen LogP contribution in [0.25, 0.3) is 0 Å². The lowest BCUT2D eigenvalue weighted by Crippen LogP contribution is -2.31. The zero-order chi connectivity index (χ0) is 13.2. The lowest BCUT2D eigenvalue weighted by molar-refractivity contribution is 0.189. The predicted octanol–water partition coefficient (Wildman–Crippen LogP) is 4.62. The quantitative estimate of drug-likeness (QED) is 0.705. The minimum absolute atomic E-state index is 0.384. The fourth-order valence-electron chi connectivity index (χ4n) is 3.09. The van der Waals surface area contributed by atoms with E-state index in [1.165, 1.54) is 30.4 Å². The Balaban J connectivity index is 2.13. The number of benzene rings is 1. The molecule has 1 aromatic carbocycles. The fourth-order valence-corrected chi connectivity index (χ4v) is 3.09. The number of hydrogen-bond donors (Lipinski definition) is 0. The van der Waals surface area contributed by atoms with Crippen LogP contribution in [0.2, 0.25) is 0 Å². The van der Waals surface area contributed by atoms with E-state index >= 15 is 0 Å². The Morgan fingerprint density at radius 2 is 1.94 bits per heavy atom. The SMILES string of the molecule is C=C1CCCC(C)(C)C1Cc1ccc(OC)cc1. The number of methoxy groups -OCH3 is 1. The molecule has 0 bridgehead atoms. The number of allylic oxidation sites excluding steroid dienone is 1. The third-order valence-corrected chi connectivity index (χ3v) is 4.35. The van der Waals surface area contributed by atoms with Gasteiger partial charge in [-0.05, 0) is 54.7 Å². The van der Waals surface area contributed by atoms with Crippen LogP contribution in [0.3, 0.4) is 0 Å². The molecule has 1 heteroatoms. The van der Waals surface area contributed by atoms with E-state index in [0.717, 1.165) is 12.2 Å². The van der Waals surface area contributed by atoms with Gasteiger partial charge in [-0.3, -0.25) is 0 Å². The highest BCUT2D eigenvalue weighted by Gasteiger charge is 2.34. The largest absolute Gasteiger partial charge is 0.497 e. The summed E-state index contributed by atoms with van der Waals surface area (Å²) in [5.74, 6) is 1.54. The Hall–Kier alpha value is -1.24. The molecule has 0 aromatic heterocycles. The second-order valence-electron chi connectivity index (χ2n) is 6.11. The second-order valence-corrected chi connectivity index (χ2v) is 6.11. The summed E-state index contributed by atoms with van der Waals surface area (Å²) < 4.78 is 5.20. The van der Waals surface area contributed by atoms with E-state index in [-0.39, 0.29) is 0 Å². The van der Waals surface area contributed by atoms with Gasteiger partial charge in [-0.25, -0.2) is 0 Å². The van der Waals surface area contributed by atoms with E-state index < -0.39 is 0 Å². The highest BCUT2D eigenvalue weighted by Crippen LogP contribution is 2.44. The highest BCUT2D eigenvalue weighted by molar-refractivity contribution is 5.28. The van der Waals surface area contributed by atoms with Crippen LogP contribution in [0.4, 0.5) is 0 Å². The summed E-state index contributed by atoms with van der Waals surface area (Å²) in [4.78, 5) is 0. The molecule has 1 atom stereocenters. The van der Waals surface area contributed by atoms with Crippen molar-refractivity contribution in [2.75, 3.05) is 7.11 Å². The maximum absolute atomic E-state index is 5.20. The molecular formula is C17H24O. The summed E-state index contributed by atoms with van der Waals surface area (Å²) >= 11 is 0. The van der Waals surface area contributed by atoms with Gasteiger partial charge >= 0.3 is 0 Å². The standard InChI is InChI=1S/C17H24O/c1-13-6-5-11-17(2,3)16(13)12-14-7-9-15(18-4)10-8-14/h7-10,16H,1,5-6,11-12H2,2-4H3. The highest BCUT2D eigenvalue weighted by atomic mass is 16.5. The molecule has 0 radical (unpaired) electrons.